The zero-order valence-corrected chi connectivity index (χ0v) is 17.8. The van der Waals surface area contributed by atoms with Crippen LogP contribution in [0.4, 0.5) is 5.82 Å². The van der Waals surface area contributed by atoms with Crippen LogP contribution in [0.15, 0.2) is 96.1 Å². The van der Waals surface area contributed by atoms with Crippen molar-refractivity contribution in [2.45, 2.75) is 6.54 Å². The first kappa shape index (κ1) is 19.3. The van der Waals surface area contributed by atoms with Crippen molar-refractivity contribution < 1.29 is 4.79 Å². The van der Waals surface area contributed by atoms with Crippen LogP contribution in [0.1, 0.15) is 21.6 Å². The number of hydrogen-bond donors (Lipinski definition) is 2. The van der Waals surface area contributed by atoms with Crippen molar-refractivity contribution in [2.24, 2.45) is 5.10 Å². The molecule has 1 aliphatic rings. The summed E-state index contributed by atoms with van der Waals surface area (Å²) < 4.78 is 0. The molecule has 0 radical (unpaired) electrons. The Morgan fingerprint density at radius 3 is 2.58 bits per heavy atom. The first-order valence-corrected chi connectivity index (χ1v) is 10.9. The Morgan fingerprint density at radius 2 is 1.67 bits per heavy atom. The van der Waals surface area contributed by atoms with Crippen molar-refractivity contribution >= 4 is 39.2 Å². The van der Waals surface area contributed by atoms with Crippen molar-refractivity contribution in [2.75, 3.05) is 12.0 Å². The second-order valence-electron chi connectivity index (χ2n) is 8.11. The molecule has 5 aromatic rings. The van der Waals surface area contributed by atoms with Gasteiger partial charge in [0, 0.05) is 33.1 Å². The number of anilines is 1. The van der Waals surface area contributed by atoms with Crippen LogP contribution in [0.3, 0.4) is 0 Å². The molecule has 33 heavy (non-hydrogen) atoms. The molecule has 6 nitrogen and oxygen atoms in total. The lowest BCUT2D eigenvalue weighted by molar-refractivity contribution is 0.0763. The molecule has 0 saturated carbocycles. The second-order valence-corrected chi connectivity index (χ2v) is 8.11. The maximum Gasteiger partial charge on any atom is 0.254 e. The topological polar surface area (TPSA) is 73.4 Å². The smallest absolute Gasteiger partial charge is 0.254 e. The molecule has 0 spiro atoms. The lowest BCUT2D eigenvalue weighted by Gasteiger charge is -2.28. The Bertz CT molecular complexity index is 1520. The Balaban J connectivity index is 1.39. The Hall–Kier alpha value is -4.45. The molecule has 6 rings (SSSR count). The maximum absolute atomic E-state index is 13.2. The van der Waals surface area contributed by atoms with Crippen LogP contribution in [0.25, 0.3) is 21.8 Å². The Kier molecular flexibility index (Phi) is 4.61. The predicted molar refractivity (Wildman–Crippen MR) is 131 cm³/mol. The maximum atomic E-state index is 13.2. The molecule has 2 N–H and O–H groups in total. The third kappa shape index (κ3) is 3.51. The normalized spacial score (nSPS) is 14.5. The highest BCUT2D eigenvalue weighted by molar-refractivity contribution is 6.15. The summed E-state index contributed by atoms with van der Waals surface area (Å²) in [6.07, 6.45) is 0. The van der Waals surface area contributed by atoms with E-state index in [4.69, 9.17) is 5.10 Å². The first-order chi connectivity index (χ1) is 16.3. The first-order valence-electron chi connectivity index (χ1n) is 10.9. The number of nitrogens with zero attached hydrogens (tertiary/aromatic N) is 3. The van der Waals surface area contributed by atoms with Crippen molar-refractivity contribution in [1.82, 2.24) is 14.9 Å². The number of hydrogen-bond acceptors (Lipinski definition) is 4. The minimum Gasteiger partial charge on any atom is -0.356 e. The van der Waals surface area contributed by atoms with Gasteiger partial charge in [0.2, 0.25) is 0 Å². The van der Waals surface area contributed by atoms with Gasteiger partial charge in [0.25, 0.3) is 5.91 Å². The number of rotatable bonds is 3. The number of pyridine rings is 1. The fourth-order valence-electron chi connectivity index (χ4n) is 4.40. The van der Waals surface area contributed by atoms with Crippen LogP contribution in [0, 0.1) is 0 Å². The molecule has 1 aliphatic heterocycles. The quantitative estimate of drug-likeness (QED) is 0.386. The fourth-order valence-corrected chi connectivity index (χ4v) is 4.40. The van der Waals surface area contributed by atoms with Crippen LogP contribution in [-0.2, 0) is 6.54 Å². The number of aromatic amines is 1. The summed E-state index contributed by atoms with van der Waals surface area (Å²) in [5.41, 5.74) is 8.57. The lowest BCUT2D eigenvalue weighted by atomic mass is 10.0. The molecule has 2 aromatic heterocycles. The largest absolute Gasteiger partial charge is 0.356 e. The highest BCUT2D eigenvalue weighted by Crippen LogP contribution is 2.29. The van der Waals surface area contributed by atoms with E-state index in [2.05, 4.69) is 21.5 Å². The Morgan fingerprint density at radius 1 is 0.879 bits per heavy atom. The third-order valence-electron chi connectivity index (χ3n) is 5.97. The summed E-state index contributed by atoms with van der Waals surface area (Å²) in [5.74, 6) is 0.644. The highest BCUT2D eigenvalue weighted by atomic mass is 16.2. The summed E-state index contributed by atoms with van der Waals surface area (Å²) in [5, 5.41) is 6.92. The van der Waals surface area contributed by atoms with Crippen LogP contribution < -0.4 is 5.43 Å². The van der Waals surface area contributed by atoms with E-state index in [1.54, 1.807) is 0 Å². The fraction of sp³-hybridized carbons (Fsp3) is 0.0741. The van der Waals surface area contributed by atoms with E-state index in [9.17, 15) is 4.79 Å². The lowest BCUT2D eigenvalue weighted by Crippen LogP contribution is -2.40. The molecule has 0 atom stereocenters. The van der Waals surface area contributed by atoms with Crippen LogP contribution in [0.2, 0.25) is 0 Å². The SMILES string of the molecule is O=C(c1ccccc1)N1C/C(=N\Nc2ccc3ccccc3n2)c2c([nH]c3ccccc23)C1. The van der Waals surface area contributed by atoms with E-state index in [1.165, 1.54) is 0 Å². The number of aromatic nitrogens is 2. The van der Waals surface area contributed by atoms with Gasteiger partial charge in [0.1, 0.15) is 5.82 Å². The van der Waals surface area contributed by atoms with Crippen LogP contribution >= 0.6 is 0 Å². The minimum atomic E-state index is -0.0172. The summed E-state index contributed by atoms with van der Waals surface area (Å²) >= 11 is 0. The highest BCUT2D eigenvalue weighted by Gasteiger charge is 2.29. The number of nitrogens with one attached hydrogen (secondary N) is 2. The van der Waals surface area contributed by atoms with E-state index < -0.39 is 0 Å². The van der Waals surface area contributed by atoms with Gasteiger partial charge in [0.15, 0.2) is 0 Å². The summed E-state index contributed by atoms with van der Waals surface area (Å²) in [6.45, 7) is 0.911. The zero-order chi connectivity index (χ0) is 22.2. The molecule has 0 saturated heterocycles. The van der Waals surface area contributed by atoms with E-state index in [-0.39, 0.29) is 5.91 Å². The van der Waals surface area contributed by atoms with Gasteiger partial charge < -0.3 is 9.88 Å². The number of carbonyl (C=O) groups is 1. The molecule has 0 bridgehead atoms. The molecule has 0 fully saturated rings. The van der Waals surface area contributed by atoms with Gasteiger partial charge in [0.05, 0.1) is 24.3 Å². The molecular formula is C27H21N5O. The van der Waals surface area contributed by atoms with E-state index in [0.717, 1.165) is 38.8 Å². The average molecular weight is 431 g/mol. The van der Waals surface area contributed by atoms with Crippen LogP contribution in [-0.4, -0.2) is 33.0 Å². The molecule has 0 unspecified atom stereocenters. The van der Waals surface area contributed by atoms with Crippen molar-refractivity contribution in [3.05, 3.63) is 108 Å². The van der Waals surface area contributed by atoms with E-state index in [1.807, 2.05) is 89.8 Å². The molecule has 3 aromatic carbocycles. The predicted octanol–water partition coefficient (Wildman–Crippen LogP) is 5.19. The number of amides is 1. The van der Waals surface area contributed by atoms with Gasteiger partial charge in [-0.2, -0.15) is 5.10 Å². The molecule has 160 valence electrons. The Labute approximate surface area is 190 Å². The van der Waals surface area contributed by atoms with E-state index >= 15 is 0 Å². The van der Waals surface area contributed by atoms with Gasteiger partial charge in [-0.25, -0.2) is 4.98 Å². The standard InChI is InChI=1S/C27H21N5O/c33-27(19-9-2-1-3-10-19)32-16-23-26(20-11-5-7-13-22(20)28-23)24(17-32)30-31-25-15-14-18-8-4-6-12-21(18)29-25/h1-15,28H,16-17H2,(H,29,31)/b30-24+. The number of para-hydroxylation sites is 2. The number of fused-ring (bicyclic) bond motifs is 4. The third-order valence-corrected chi connectivity index (χ3v) is 5.97. The minimum absolute atomic E-state index is 0.0172. The number of benzene rings is 3. The van der Waals surface area contributed by atoms with Crippen LogP contribution in [0.5, 0.6) is 0 Å². The molecule has 1 amide bonds. The van der Waals surface area contributed by atoms with Crippen molar-refractivity contribution in [3.63, 3.8) is 0 Å². The number of hydrazone groups is 1. The number of carbonyl (C=O) groups excluding carboxylic acids is 1. The molecule has 3 heterocycles. The van der Waals surface area contributed by atoms with Crippen molar-refractivity contribution in [1.29, 1.82) is 0 Å². The van der Waals surface area contributed by atoms with Gasteiger partial charge in [-0.3, -0.25) is 10.2 Å². The van der Waals surface area contributed by atoms with Gasteiger partial charge in [-0.05, 0) is 36.4 Å². The number of H-pyrrole nitrogens is 1. The van der Waals surface area contributed by atoms with Gasteiger partial charge in [-0.15, -0.1) is 0 Å². The zero-order valence-electron chi connectivity index (χ0n) is 17.8. The monoisotopic (exact) mass is 431 g/mol. The summed E-state index contributed by atoms with van der Waals surface area (Å²) in [6, 6.07) is 29.4. The summed E-state index contributed by atoms with van der Waals surface area (Å²) in [4.78, 5) is 23.2. The van der Waals surface area contributed by atoms with Gasteiger partial charge >= 0.3 is 0 Å². The summed E-state index contributed by atoms with van der Waals surface area (Å²) in [7, 11) is 0. The molecule has 6 heteroatoms. The van der Waals surface area contributed by atoms with Crippen molar-refractivity contribution in [3.8, 4) is 0 Å². The molecular weight excluding hydrogens is 410 g/mol. The average Bonchev–Trinajstić information content (AvgIpc) is 3.26. The van der Waals surface area contributed by atoms with E-state index in [0.29, 0.717) is 24.5 Å². The van der Waals surface area contributed by atoms with Gasteiger partial charge in [-0.1, -0.05) is 54.6 Å². The second kappa shape index (κ2) is 7.91. The molecule has 0 aliphatic carbocycles.